The maximum atomic E-state index is 3.60. The summed E-state index contributed by atoms with van der Waals surface area (Å²) in [6, 6.07) is 1.83. The van der Waals surface area contributed by atoms with Crippen molar-refractivity contribution in [2.75, 3.05) is 19.6 Å². The first-order valence-electron chi connectivity index (χ1n) is 7.73. The van der Waals surface area contributed by atoms with Crippen LogP contribution in [-0.2, 0) is 0 Å². The third kappa shape index (κ3) is 5.87. The van der Waals surface area contributed by atoms with Crippen molar-refractivity contribution in [3.8, 4) is 0 Å². The van der Waals surface area contributed by atoms with Gasteiger partial charge in [-0.15, -0.1) is 0 Å². The van der Waals surface area contributed by atoms with Crippen molar-refractivity contribution in [1.82, 2.24) is 10.2 Å². The van der Waals surface area contributed by atoms with Gasteiger partial charge < -0.3 is 10.2 Å². The molecule has 100 valence electrons. The van der Waals surface area contributed by atoms with Crippen molar-refractivity contribution >= 4 is 0 Å². The minimum Gasteiger partial charge on any atom is -0.314 e. The molecule has 2 aliphatic carbocycles. The van der Waals surface area contributed by atoms with Gasteiger partial charge in [0.1, 0.15) is 0 Å². The normalized spacial score (nSPS) is 20.5. The minimum absolute atomic E-state index is 0.826. The first kappa shape index (κ1) is 13.4. The van der Waals surface area contributed by atoms with E-state index in [9.17, 15) is 0 Å². The van der Waals surface area contributed by atoms with E-state index in [-0.39, 0.29) is 0 Å². The predicted octanol–water partition coefficient (Wildman–Crippen LogP) is 3.03. The molecule has 0 aliphatic heterocycles. The highest BCUT2D eigenvalue weighted by Gasteiger charge is 2.28. The smallest absolute Gasteiger partial charge is 0.00965 e. The first-order valence-corrected chi connectivity index (χ1v) is 7.73. The monoisotopic (exact) mass is 238 g/mol. The van der Waals surface area contributed by atoms with E-state index in [4.69, 9.17) is 0 Å². The van der Waals surface area contributed by atoms with Crippen LogP contribution in [0.25, 0.3) is 0 Å². The lowest BCUT2D eigenvalue weighted by Gasteiger charge is -2.23. The third-order valence-electron chi connectivity index (χ3n) is 3.80. The molecule has 2 rings (SSSR count). The van der Waals surface area contributed by atoms with E-state index in [1.165, 1.54) is 64.6 Å². The molecule has 2 heteroatoms. The van der Waals surface area contributed by atoms with E-state index in [0.717, 1.165) is 18.0 Å². The summed E-state index contributed by atoms with van der Waals surface area (Å²) < 4.78 is 0. The van der Waals surface area contributed by atoms with Gasteiger partial charge in [0.2, 0.25) is 0 Å². The number of hydrogen-bond donors (Lipinski definition) is 1. The number of nitrogens with one attached hydrogen (secondary N) is 1. The molecule has 0 heterocycles. The highest BCUT2D eigenvalue weighted by atomic mass is 15.2. The van der Waals surface area contributed by atoms with Gasteiger partial charge in [0.15, 0.2) is 0 Å². The Morgan fingerprint density at radius 1 is 1.06 bits per heavy atom. The summed E-state index contributed by atoms with van der Waals surface area (Å²) in [7, 11) is 0. The van der Waals surface area contributed by atoms with Crippen LogP contribution in [0.3, 0.4) is 0 Å². The van der Waals surface area contributed by atoms with Crippen LogP contribution in [0, 0.1) is 5.92 Å². The number of rotatable bonds is 10. The number of nitrogens with zero attached hydrogens (tertiary/aromatic N) is 1. The molecular formula is C15H30N2. The van der Waals surface area contributed by atoms with E-state index in [0.29, 0.717) is 0 Å². The van der Waals surface area contributed by atoms with E-state index in [1.807, 2.05) is 0 Å². The van der Waals surface area contributed by atoms with Crippen molar-refractivity contribution in [3.63, 3.8) is 0 Å². The largest absolute Gasteiger partial charge is 0.314 e. The molecule has 2 saturated carbocycles. The zero-order valence-electron chi connectivity index (χ0n) is 11.8. The standard InChI is InChI=1S/C15H30N2/c1-13(2)12-17(15-8-9-15)11-5-3-4-10-16-14-6-7-14/h13-16H,3-12H2,1-2H3. The van der Waals surface area contributed by atoms with Crippen molar-refractivity contribution in [2.24, 2.45) is 5.92 Å². The molecule has 17 heavy (non-hydrogen) atoms. The van der Waals surface area contributed by atoms with Crippen LogP contribution in [-0.4, -0.2) is 36.6 Å². The van der Waals surface area contributed by atoms with Gasteiger partial charge in [-0.1, -0.05) is 20.3 Å². The summed E-state index contributed by atoms with van der Waals surface area (Å²) in [5, 5.41) is 3.60. The zero-order chi connectivity index (χ0) is 12.1. The van der Waals surface area contributed by atoms with Gasteiger partial charge >= 0.3 is 0 Å². The van der Waals surface area contributed by atoms with Gasteiger partial charge in [0.25, 0.3) is 0 Å². The summed E-state index contributed by atoms with van der Waals surface area (Å²) in [6.45, 7) is 8.58. The highest BCUT2D eigenvalue weighted by molar-refractivity contribution is 4.85. The number of unbranched alkanes of at least 4 members (excludes halogenated alkanes) is 2. The molecule has 0 atom stereocenters. The quantitative estimate of drug-likeness (QED) is 0.589. The summed E-state index contributed by atoms with van der Waals surface area (Å²) in [5.41, 5.74) is 0. The van der Waals surface area contributed by atoms with Crippen LogP contribution < -0.4 is 5.32 Å². The average Bonchev–Trinajstić information content (AvgIpc) is 3.15. The Balaban J connectivity index is 1.46. The average molecular weight is 238 g/mol. The van der Waals surface area contributed by atoms with Gasteiger partial charge in [0, 0.05) is 18.6 Å². The fourth-order valence-corrected chi connectivity index (χ4v) is 2.54. The van der Waals surface area contributed by atoms with Crippen LogP contribution >= 0.6 is 0 Å². The topological polar surface area (TPSA) is 15.3 Å². The molecule has 0 amide bonds. The van der Waals surface area contributed by atoms with Crippen LogP contribution in [0.5, 0.6) is 0 Å². The molecule has 0 bridgehead atoms. The van der Waals surface area contributed by atoms with Gasteiger partial charge in [-0.25, -0.2) is 0 Å². The van der Waals surface area contributed by atoms with Crippen LogP contribution in [0.15, 0.2) is 0 Å². The van der Waals surface area contributed by atoms with Gasteiger partial charge in [-0.3, -0.25) is 0 Å². The minimum atomic E-state index is 0.826. The van der Waals surface area contributed by atoms with Crippen LogP contribution in [0.2, 0.25) is 0 Å². The second kappa shape index (κ2) is 6.75. The number of hydrogen-bond acceptors (Lipinski definition) is 2. The van der Waals surface area contributed by atoms with Crippen molar-refractivity contribution in [1.29, 1.82) is 0 Å². The molecule has 2 nitrogen and oxygen atoms in total. The lowest BCUT2D eigenvalue weighted by atomic mass is 10.1. The molecule has 0 saturated heterocycles. The summed E-state index contributed by atoms with van der Waals surface area (Å²) >= 11 is 0. The van der Waals surface area contributed by atoms with Crippen LogP contribution in [0.1, 0.15) is 58.8 Å². The van der Waals surface area contributed by atoms with Crippen molar-refractivity contribution in [2.45, 2.75) is 70.9 Å². The Kier molecular flexibility index (Phi) is 5.30. The van der Waals surface area contributed by atoms with Gasteiger partial charge in [-0.05, 0) is 57.5 Å². The fourth-order valence-electron chi connectivity index (χ4n) is 2.54. The molecule has 1 N–H and O–H groups in total. The molecule has 0 aromatic carbocycles. The second-order valence-electron chi connectivity index (χ2n) is 6.41. The Labute approximate surface area is 107 Å². The molecule has 0 spiro atoms. The van der Waals surface area contributed by atoms with Gasteiger partial charge in [-0.2, -0.15) is 0 Å². The molecule has 0 aromatic heterocycles. The SMILES string of the molecule is CC(C)CN(CCCCCNC1CC1)C1CC1. The predicted molar refractivity (Wildman–Crippen MR) is 74.3 cm³/mol. The highest BCUT2D eigenvalue weighted by Crippen LogP contribution is 2.27. The van der Waals surface area contributed by atoms with Crippen molar-refractivity contribution < 1.29 is 0 Å². The van der Waals surface area contributed by atoms with Gasteiger partial charge in [0.05, 0.1) is 0 Å². The Hall–Kier alpha value is -0.0800. The summed E-state index contributed by atoms with van der Waals surface area (Å²) in [4.78, 5) is 2.74. The Bertz CT molecular complexity index is 207. The van der Waals surface area contributed by atoms with E-state index in [1.54, 1.807) is 0 Å². The first-order chi connectivity index (χ1) is 8.25. The Morgan fingerprint density at radius 3 is 2.41 bits per heavy atom. The lowest BCUT2D eigenvalue weighted by Crippen LogP contribution is -2.31. The third-order valence-corrected chi connectivity index (χ3v) is 3.80. The van der Waals surface area contributed by atoms with Crippen LogP contribution in [0.4, 0.5) is 0 Å². The fraction of sp³-hybridized carbons (Fsp3) is 1.00. The van der Waals surface area contributed by atoms with Crippen molar-refractivity contribution in [3.05, 3.63) is 0 Å². The van der Waals surface area contributed by atoms with E-state index < -0.39 is 0 Å². The zero-order valence-corrected chi connectivity index (χ0v) is 11.8. The second-order valence-corrected chi connectivity index (χ2v) is 6.41. The molecular weight excluding hydrogens is 208 g/mol. The maximum absolute atomic E-state index is 3.60. The summed E-state index contributed by atoms with van der Waals surface area (Å²) in [5.74, 6) is 0.826. The molecule has 2 fully saturated rings. The molecule has 0 aromatic rings. The molecule has 0 unspecified atom stereocenters. The van der Waals surface area contributed by atoms with E-state index in [2.05, 4.69) is 24.1 Å². The Morgan fingerprint density at radius 2 is 1.82 bits per heavy atom. The lowest BCUT2D eigenvalue weighted by molar-refractivity contribution is 0.229. The molecule has 0 radical (unpaired) electrons. The maximum Gasteiger partial charge on any atom is 0.00965 e. The van der Waals surface area contributed by atoms with E-state index >= 15 is 0 Å². The summed E-state index contributed by atoms with van der Waals surface area (Å²) in [6.07, 6.45) is 9.92. The molecule has 2 aliphatic rings.